The Morgan fingerprint density at radius 3 is 2.57 bits per heavy atom. The van der Waals surface area contributed by atoms with Crippen LogP contribution in [0.5, 0.6) is 0 Å². The number of hydrogen-bond donors (Lipinski definition) is 1. The van der Waals surface area contributed by atoms with E-state index in [0.717, 1.165) is 40.7 Å². The molecule has 2 aromatic carbocycles. The first-order valence-corrected chi connectivity index (χ1v) is 11.4. The van der Waals surface area contributed by atoms with E-state index in [4.69, 9.17) is 0 Å². The van der Waals surface area contributed by atoms with Gasteiger partial charge in [0.05, 0.1) is 11.9 Å². The molecule has 1 aliphatic heterocycles. The van der Waals surface area contributed by atoms with Crippen molar-refractivity contribution in [3.8, 4) is 0 Å². The number of rotatable bonds is 8. The summed E-state index contributed by atoms with van der Waals surface area (Å²) < 4.78 is 38.5. The number of carbonyl (C=O) groups is 2. The molecule has 1 fully saturated rings. The number of halogens is 1. The quantitative estimate of drug-likeness (QED) is 0.690. The third kappa shape index (κ3) is 5.79. The Morgan fingerprint density at radius 1 is 1.17 bits per heavy atom. The molecule has 2 amide bonds. The number of nitrogens with zero attached hydrogens (tertiary/aromatic N) is 2. The molecule has 0 saturated carbocycles. The van der Waals surface area contributed by atoms with Crippen molar-refractivity contribution in [2.75, 3.05) is 23.7 Å². The topological polar surface area (TPSA) is 86.8 Å². The van der Waals surface area contributed by atoms with Crippen LogP contribution in [0.15, 0.2) is 48.5 Å². The van der Waals surface area contributed by atoms with Gasteiger partial charge in [0.2, 0.25) is 21.8 Å². The summed E-state index contributed by atoms with van der Waals surface area (Å²) >= 11 is 0. The first-order chi connectivity index (χ1) is 14.2. The van der Waals surface area contributed by atoms with Crippen molar-refractivity contribution < 1.29 is 22.4 Å². The van der Waals surface area contributed by atoms with Crippen molar-refractivity contribution in [2.24, 2.45) is 0 Å². The SMILES string of the molecule is CS(=O)(=O)N(CC(=O)NCc1cccc(CN2CCCC2=O)c1)c1cccc(F)c1. The van der Waals surface area contributed by atoms with Crippen LogP contribution in [0.4, 0.5) is 10.1 Å². The van der Waals surface area contributed by atoms with Gasteiger partial charge in [0.15, 0.2) is 0 Å². The van der Waals surface area contributed by atoms with Crippen molar-refractivity contribution in [1.29, 1.82) is 0 Å². The molecule has 1 saturated heterocycles. The van der Waals surface area contributed by atoms with Gasteiger partial charge < -0.3 is 10.2 Å². The Balaban J connectivity index is 1.62. The van der Waals surface area contributed by atoms with Crippen molar-refractivity contribution in [3.63, 3.8) is 0 Å². The fourth-order valence-corrected chi connectivity index (χ4v) is 4.20. The van der Waals surface area contributed by atoms with Crippen LogP contribution in [0.2, 0.25) is 0 Å². The number of hydrogen-bond acceptors (Lipinski definition) is 4. The minimum Gasteiger partial charge on any atom is -0.350 e. The normalized spacial score (nSPS) is 14.1. The van der Waals surface area contributed by atoms with Gasteiger partial charge >= 0.3 is 0 Å². The molecule has 160 valence electrons. The van der Waals surface area contributed by atoms with Gasteiger partial charge in [-0.25, -0.2) is 12.8 Å². The predicted octanol–water partition coefficient (Wildman–Crippen LogP) is 2.03. The first-order valence-electron chi connectivity index (χ1n) is 9.58. The number of likely N-dealkylation sites (tertiary alicyclic amines) is 1. The van der Waals surface area contributed by atoms with Crippen molar-refractivity contribution >= 4 is 27.5 Å². The Labute approximate surface area is 175 Å². The van der Waals surface area contributed by atoms with Crippen LogP contribution in [-0.2, 0) is 32.7 Å². The third-order valence-electron chi connectivity index (χ3n) is 4.81. The molecule has 0 atom stereocenters. The number of anilines is 1. The summed E-state index contributed by atoms with van der Waals surface area (Å²) in [5.41, 5.74) is 1.89. The highest BCUT2D eigenvalue weighted by atomic mass is 32.2. The van der Waals surface area contributed by atoms with Gasteiger partial charge in [0.1, 0.15) is 12.4 Å². The Kier molecular flexibility index (Phi) is 6.71. The molecular weight excluding hydrogens is 409 g/mol. The molecule has 30 heavy (non-hydrogen) atoms. The molecule has 0 bridgehead atoms. The smallest absolute Gasteiger partial charge is 0.241 e. The molecule has 0 radical (unpaired) electrons. The van der Waals surface area contributed by atoms with E-state index in [0.29, 0.717) is 13.0 Å². The second kappa shape index (κ2) is 9.25. The summed E-state index contributed by atoms with van der Waals surface area (Å²) in [6.07, 6.45) is 2.42. The maximum absolute atomic E-state index is 13.5. The predicted molar refractivity (Wildman–Crippen MR) is 112 cm³/mol. The second-order valence-electron chi connectivity index (χ2n) is 7.27. The van der Waals surface area contributed by atoms with E-state index >= 15 is 0 Å². The molecule has 1 heterocycles. The van der Waals surface area contributed by atoms with E-state index in [1.165, 1.54) is 18.2 Å². The Bertz CT molecular complexity index is 1040. The minimum atomic E-state index is -3.77. The second-order valence-corrected chi connectivity index (χ2v) is 9.17. The zero-order valence-corrected chi connectivity index (χ0v) is 17.5. The Morgan fingerprint density at radius 2 is 1.90 bits per heavy atom. The molecule has 3 rings (SSSR count). The largest absolute Gasteiger partial charge is 0.350 e. The molecule has 0 aromatic heterocycles. The molecule has 0 unspecified atom stereocenters. The lowest BCUT2D eigenvalue weighted by Crippen LogP contribution is -2.40. The van der Waals surface area contributed by atoms with E-state index in [1.54, 1.807) is 4.90 Å². The molecule has 2 aromatic rings. The Hall–Kier alpha value is -2.94. The van der Waals surface area contributed by atoms with Gasteiger partial charge in [-0.05, 0) is 35.7 Å². The van der Waals surface area contributed by atoms with E-state index in [9.17, 15) is 22.4 Å². The average Bonchev–Trinajstić information content (AvgIpc) is 3.08. The van der Waals surface area contributed by atoms with Crippen LogP contribution in [0.25, 0.3) is 0 Å². The van der Waals surface area contributed by atoms with Gasteiger partial charge in [-0.15, -0.1) is 0 Å². The maximum atomic E-state index is 13.5. The number of nitrogens with one attached hydrogen (secondary N) is 1. The van der Waals surface area contributed by atoms with Crippen molar-refractivity contribution in [1.82, 2.24) is 10.2 Å². The molecule has 1 aliphatic rings. The van der Waals surface area contributed by atoms with Gasteiger partial charge in [-0.3, -0.25) is 13.9 Å². The number of benzene rings is 2. The average molecular weight is 434 g/mol. The standard InChI is InChI=1S/C21H24FN3O4S/c1-30(28,29)25(19-8-3-7-18(22)12-19)15-20(26)23-13-16-5-2-6-17(11-16)14-24-10-4-9-21(24)27/h2-3,5-8,11-12H,4,9-10,13-15H2,1H3,(H,23,26). The highest BCUT2D eigenvalue weighted by molar-refractivity contribution is 7.92. The number of sulfonamides is 1. The van der Waals surface area contributed by atoms with Gasteiger partial charge in [0, 0.05) is 26.1 Å². The van der Waals surface area contributed by atoms with Crippen LogP contribution in [0.3, 0.4) is 0 Å². The highest BCUT2D eigenvalue weighted by Gasteiger charge is 2.22. The maximum Gasteiger partial charge on any atom is 0.241 e. The van der Waals surface area contributed by atoms with Gasteiger partial charge in [-0.2, -0.15) is 0 Å². The van der Waals surface area contributed by atoms with Crippen LogP contribution in [-0.4, -0.2) is 44.5 Å². The van der Waals surface area contributed by atoms with E-state index < -0.39 is 28.3 Å². The van der Waals surface area contributed by atoms with Crippen LogP contribution in [0, 0.1) is 5.82 Å². The lowest BCUT2D eigenvalue weighted by atomic mass is 10.1. The monoisotopic (exact) mass is 433 g/mol. The first kappa shape index (κ1) is 21.8. The van der Waals surface area contributed by atoms with E-state index in [2.05, 4.69) is 5.32 Å². The summed E-state index contributed by atoms with van der Waals surface area (Å²) in [5.74, 6) is -0.952. The molecule has 9 heteroatoms. The molecule has 0 spiro atoms. The zero-order chi connectivity index (χ0) is 21.7. The molecular formula is C21H24FN3O4S. The van der Waals surface area contributed by atoms with Crippen LogP contribution < -0.4 is 9.62 Å². The van der Waals surface area contributed by atoms with E-state index in [1.807, 2.05) is 24.3 Å². The summed E-state index contributed by atoms with van der Waals surface area (Å²) in [5, 5.41) is 2.70. The van der Waals surface area contributed by atoms with Gasteiger partial charge in [-0.1, -0.05) is 30.3 Å². The molecule has 7 nitrogen and oxygen atoms in total. The fourth-order valence-electron chi connectivity index (χ4n) is 3.35. The minimum absolute atomic E-state index is 0.0879. The van der Waals surface area contributed by atoms with Gasteiger partial charge in [0.25, 0.3) is 0 Å². The van der Waals surface area contributed by atoms with Crippen molar-refractivity contribution in [2.45, 2.75) is 25.9 Å². The van der Waals surface area contributed by atoms with Crippen molar-refractivity contribution in [3.05, 3.63) is 65.5 Å². The molecule has 0 aliphatic carbocycles. The van der Waals surface area contributed by atoms with Crippen LogP contribution in [0.1, 0.15) is 24.0 Å². The van der Waals surface area contributed by atoms with Crippen LogP contribution >= 0.6 is 0 Å². The third-order valence-corrected chi connectivity index (χ3v) is 5.95. The highest BCUT2D eigenvalue weighted by Crippen LogP contribution is 2.18. The number of amides is 2. The lowest BCUT2D eigenvalue weighted by Gasteiger charge is -2.22. The van der Waals surface area contributed by atoms with E-state index in [-0.39, 0.29) is 18.1 Å². The number of carbonyl (C=O) groups excluding carboxylic acids is 2. The fraction of sp³-hybridized carbons (Fsp3) is 0.333. The zero-order valence-electron chi connectivity index (χ0n) is 16.7. The summed E-state index contributed by atoms with van der Waals surface area (Å²) in [7, 11) is -3.77. The lowest BCUT2D eigenvalue weighted by molar-refractivity contribution is -0.128. The summed E-state index contributed by atoms with van der Waals surface area (Å²) in [6.45, 7) is 1.04. The molecule has 1 N–H and O–H groups in total. The summed E-state index contributed by atoms with van der Waals surface area (Å²) in [4.78, 5) is 26.0. The summed E-state index contributed by atoms with van der Waals surface area (Å²) in [6, 6.07) is 12.6.